The van der Waals surface area contributed by atoms with E-state index in [1.807, 2.05) is 37.3 Å². The summed E-state index contributed by atoms with van der Waals surface area (Å²) in [6.07, 6.45) is 4.83. The maximum Gasteiger partial charge on any atom is 0.240 e. The number of fused-ring (bicyclic) bond motifs is 1. The summed E-state index contributed by atoms with van der Waals surface area (Å²) in [5.74, 6) is 0. The van der Waals surface area contributed by atoms with Gasteiger partial charge in [0, 0.05) is 6.04 Å². The van der Waals surface area contributed by atoms with Crippen LogP contribution in [0.15, 0.2) is 53.4 Å². The van der Waals surface area contributed by atoms with Gasteiger partial charge < -0.3 is 0 Å². The number of aryl methyl sites for hydroxylation is 3. The van der Waals surface area contributed by atoms with Gasteiger partial charge in [0.25, 0.3) is 0 Å². The van der Waals surface area contributed by atoms with Gasteiger partial charge in [-0.3, -0.25) is 0 Å². The van der Waals surface area contributed by atoms with Gasteiger partial charge in [-0.15, -0.1) is 0 Å². The Hall–Kier alpha value is -1.65. The molecule has 3 rings (SSSR count). The standard InChI is InChI=1S/C19H23NO2S/c1-15(10-11-16-6-3-2-4-7-16)20-23(21,22)19-13-12-17-8-5-9-18(17)14-19/h2-4,6-7,12-15,20H,5,8-11H2,1H3/t15-/m0/s1. The molecule has 122 valence electrons. The molecule has 3 nitrogen and oxygen atoms in total. The van der Waals surface area contributed by atoms with Gasteiger partial charge in [0.15, 0.2) is 0 Å². The fraction of sp³-hybridized carbons (Fsp3) is 0.368. The predicted molar refractivity (Wildman–Crippen MR) is 93.0 cm³/mol. The summed E-state index contributed by atoms with van der Waals surface area (Å²) in [6.45, 7) is 1.92. The molecule has 0 amide bonds. The van der Waals surface area contributed by atoms with E-state index in [1.54, 1.807) is 6.07 Å². The monoisotopic (exact) mass is 329 g/mol. The van der Waals surface area contributed by atoms with Crippen LogP contribution in [0.5, 0.6) is 0 Å². The number of hydrogen-bond acceptors (Lipinski definition) is 2. The highest BCUT2D eigenvalue weighted by atomic mass is 32.2. The Balaban J connectivity index is 1.63. The van der Waals surface area contributed by atoms with E-state index in [4.69, 9.17) is 0 Å². The Morgan fingerprint density at radius 2 is 1.78 bits per heavy atom. The molecule has 1 aliphatic rings. The van der Waals surface area contributed by atoms with Gasteiger partial charge in [-0.05, 0) is 67.9 Å². The van der Waals surface area contributed by atoms with Crippen molar-refractivity contribution in [3.05, 3.63) is 65.2 Å². The third kappa shape index (κ3) is 4.01. The molecule has 2 aromatic rings. The Morgan fingerprint density at radius 3 is 2.57 bits per heavy atom. The van der Waals surface area contributed by atoms with E-state index in [1.165, 1.54) is 16.7 Å². The van der Waals surface area contributed by atoms with Crippen LogP contribution in [0.25, 0.3) is 0 Å². The second-order valence-corrected chi connectivity index (χ2v) is 8.04. The molecule has 0 fully saturated rings. The van der Waals surface area contributed by atoms with E-state index in [2.05, 4.69) is 16.9 Å². The van der Waals surface area contributed by atoms with Crippen molar-refractivity contribution in [2.45, 2.75) is 50.0 Å². The molecule has 0 spiro atoms. The maximum absolute atomic E-state index is 12.5. The van der Waals surface area contributed by atoms with Crippen molar-refractivity contribution in [2.24, 2.45) is 0 Å². The zero-order valence-electron chi connectivity index (χ0n) is 13.5. The lowest BCUT2D eigenvalue weighted by Crippen LogP contribution is -2.33. The van der Waals surface area contributed by atoms with Gasteiger partial charge in [-0.25, -0.2) is 13.1 Å². The minimum absolute atomic E-state index is 0.0894. The average molecular weight is 329 g/mol. The maximum atomic E-state index is 12.5. The van der Waals surface area contributed by atoms with E-state index in [9.17, 15) is 8.42 Å². The van der Waals surface area contributed by atoms with E-state index >= 15 is 0 Å². The molecular formula is C19H23NO2S. The van der Waals surface area contributed by atoms with Crippen LogP contribution in [-0.4, -0.2) is 14.5 Å². The third-order valence-corrected chi connectivity index (χ3v) is 6.03. The summed E-state index contributed by atoms with van der Waals surface area (Å²) in [5, 5.41) is 0. The van der Waals surface area contributed by atoms with E-state index in [0.29, 0.717) is 4.90 Å². The van der Waals surface area contributed by atoms with Crippen molar-refractivity contribution in [1.82, 2.24) is 4.72 Å². The predicted octanol–water partition coefficient (Wildman–Crippen LogP) is 3.47. The Kier molecular flexibility index (Phi) is 4.83. The molecule has 0 heterocycles. The van der Waals surface area contributed by atoms with Crippen LogP contribution in [0, 0.1) is 0 Å². The first kappa shape index (κ1) is 16.2. The molecule has 1 N–H and O–H groups in total. The quantitative estimate of drug-likeness (QED) is 0.882. The van der Waals surface area contributed by atoms with Gasteiger partial charge in [-0.1, -0.05) is 36.4 Å². The van der Waals surface area contributed by atoms with E-state index in [0.717, 1.165) is 32.1 Å². The first-order valence-corrected chi connectivity index (χ1v) is 9.71. The molecule has 0 radical (unpaired) electrons. The first-order chi connectivity index (χ1) is 11.0. The topological polar surface area (TPSA) is 46.2 Å². The smallest absolute Gasteiger partial charge is 0.208 e. The lowest BCUT2D eigenvalue weighted by atomic mass is 10.1. The highest BCUT2D eigenvalue weighted by Crippen LogP contribution is 2.24. The van der Waals surface area contributed by atoms with Gasteiger partial charge >= 0.3 is 0 Å². The summed E-state index contributed by atoms with van der Waals surface area (Å²) < 4.78 is 27.9. The lowest BCUT2D eigenvalue weighted by molar-refractivity contribution is 0.547. The van der Waals surface area contributed by atoms with Gasteiger partial charge in [0.05, 0.1) is 4.90 Å². The largest absolute Gasteiger partial charge is 0.240 e. The summed E-state index contributed by atoms with van der Waals surface area (Å²) in [5.41, 5.74) is 3.71. The van der Waals surface area contributed by atoms with Crippen LogP contribution >= 0.6 is 0 Å². The second kappa shape index (κ2) is 6.85. The van der Waals surface area contributed by atoms with Crippen LogP contribution in [0.2, 0.25) is 0 Å². The van der Waals surface area contributed by atoms with Gasteiger partial charge in [0.1, 0.15) is 0 Å². The van der Waals surface area contributed by atoms with Gasteiger partial charge in [0.2, 0.25) is 10.0 Å². The van der Waals surface area contributed by atoms with Crippen molar-refractivity contribution in [1.29, 1.82) is 0 Å². The minimum Gasteiger partial charge on any atom is -0.208 e. The van der Waals surface area contributed by atoms with Crippen LogP contribution in [0.4, 0.5) is 0 Å². The fourth-order valence-corrected chi connectivity index (χ4v) is 4.46. The van der Waals surface area contributed by atoms with Crippen LogP contribution in [0.1, 0.15) is 36.5 Å². The summed E-state index contributed by atoms with van der Waals surface area (Å²) in [7, 11) is -3.44. The van der Waals surface area contributed by atoms with Crippen molar-refractivity contribution < 1.29 is 8.42 Å². The molecule has 0 aromatic heterocycles. The molecule has 1 atom stereocenters. The molecule has 2 aromatic carbocycles. The lowest BCUT2D eigenvalue weighted by Gasteiger charge is -2.15. The van der Waals surface area contributed by atoms with E-state index < -0.39 is 10.0 Å². The molecule has 0 bridgehead atoms. The normalized spacial score (nSPS) is 15.3. The Labute approximate surface area is 138 Å². The fourth-order valence-electron chi connectivity index (χ4n) is 3.14. The molecule has 0 saturated carbocycles. The molecule has 0 saturated heterocycles. The molecule has 0 aliphatic heterocycles. The highest BCUT2D eigenvalue weighted by molar-refractivity contribution is 7.89. The number of benzene rings is 2. The van der Waals surface area contributed by atoms with Crippen molar-refractivity contribution in [3.63, 3.8) is 0 Å². The Bertz CT molecular complexity index is 769. The van der Waals surface area contributed by atoms with Crippen LogP contribution < -0.4 is 4.72 Å². The molecule has 23 heavy (non-hydrogen) atoms. The third-order valence-electron chi connectivity index (χ3n) is 4.45. The number of sulfonamides is 1. The van der Waals surface area contributed by atoms with Crippen molar-refractivity contribution in [3.8, 4) is 0 Å². The summed E-state index contributed by atoms with van der Waals surface area (Å²) in [4.78, 5) is 0.393. The second-order valence-electron chi connectivity index (χ2n) is 6.33. The minimum atomic E-state index is -3.44. The zero-order valence-corrected chi connectivity index (χ0v) is 14.3. The molecule has 0 unspecified atom stereocenters. The SMILES string of the molecule is C[C@@H](CCc1ccccc1)NS(=O)(=O)c1ccc2c(c1)CCC2. The van der Waals surface area contributed by atoms with Gasteiger partial charge in [-0.2, -0.15) is 0 Å². The zero-order chi connectivity index (χ0) is 16.3. The summed E-state index contributed by atoms with van der Waals surface area (Å²) in [6, 6.07) is 15.6. The van der Waals surface area contributed by atoms with Crippen molar-refractivity contribution in [2.75, 3.05) is 0 Å². The van der Waals surface area contributed by atoms with E-state index in [-0.39, 0.29) is 6.04 Å². The van der Waals surface area contributed by atoms with Crippen LogP contribution in [0.3, 0.4) is 0 Å². The first-order valence-electron chi connectivity index (χ1n) is 8.23. The summed E-state index contributed by atoms with van der Waals surface area (Å²) >= 11 is 0. The van der Waals surface area contributed by atoms with Crippen molar-refractivity contribution >= 4 is 10.0 Å². The average Bonchev–Trinajstić information content (AvgIpc) is 3.01. The number of nitrogens with one attached hydrogen (secondary N) is 1. The highest BCUT2D eigenvalue weighted by Gasteiger charge is 2.20. The Morgan fingerprint density at radius 1 is 1.04 bits per heavy atom. The number of hydrogen-bond donors (Lipinski definition) is 1. The van der Waals surface area contributed by atoms with Crippen LogP contribution in [-0.2, 0) is 29.3 Å². The number of rotatable bonds is 6. The molecular weight excluding hydrogens is 306 g/mol. The molecule has 4 heteroatoms. The molecule has 1 aliphatic carbocycles.